The van der Waals surface area contributed by atoms with E-state index in [9.17, 15) is 4.79 Å². The van der Waals surface area contributed by atoms with Gasteiger partial charge in [-0.3, -0.25) is 9.69 Å². The molecule has 0 aromatic heterocycles. The largest absolute Gasteiger partial charge is 0.332 e. The lowest BCUT2D eigenvalue weighted by molar-refractivity contribution is -0.138. The summed E-state index contributed by atoms with van der Waals surface area (Å²) in [6.07, 6.45) is 2.36. The summed E-state index contributed by atoms with van der Waals surface area (Å²) >= 11 is 0. The second-order valence-electron chi connectivity index (χ2n) is 7.50. The maximum atomic E-state index is 12.9. The molecule has 0 spiro atoms. The third-order valence-electron chi connectivity index (χ3n) is 4.57. The summed E-state index contributed by atoms with van der Waals surface area (Å²) in [6, 6.07) is 10.8. The van der Waals surface area contributed by atoms with Crippen molar-refractivity contribution in [3.63, 3.8) is 0 Å². The number of hydrogen-bond acceptors (Lipinski definition) is 3. The Kier molecular flexibility index (Phi) is 6.19. The van der Waals surface area contributed by atoms with Crippen LogP contribution in [0.3, 0.4) is 0 Å². The zero-order valence-corrected chi connectivity index (χ0v) is 15.0. The van der Waals surface area contributed by atoms with Crippen molar-refractivity contribution >= 4 is 5.91 Å². The summed E-state index contributed by atoms with van der Waals surface area (Å²) in [5, 5.41) is 3.34. The summed E-state index contributed by atoms with van der Waals surface area (Å²) < 4.78 is 0. The average molecular weight is 317 g/mol. The van der Waals surface area contributed by atoms with E-state index in [0.717, 1.165) is 19.5 Å². The molecule has 1 aliphatic heterocycles. The van der Waals surface area contributed by atoms with Crippen LogP contribution < -0.4 is 5.32 Å². The molecule has 2 rings (SSSR count). The molecule has 1 aromatic carbocycles. The fourth-order valence-corrected chi connectivity index (χ4v) is 3.18. The Hall–Kier alpha value is -1.39. The first-order valence-electron chi connectivity index (χ1n) is 8.64. The molecule has 1 N–H and O–H groups in total. The number of carbonyl (C=O) groups is 1. The minimum Gasteiger partial charge on any atom is -0.332 e. The molecular formula is C19H31N3O. The predicted molar refractivity (Wildman–Crippen MR) is 95.3 cm³/mol. The average Bonchev–Trinajstić information content (AvgIpc) is 2.52. The Morgan fingerprint density at radius 1 is 1.30 bits per heavy atom. The van der Waals surface area contributed by atoms with Gasteiger partial charge in [0.15, 0.2) is 0 Å². The molecule has 0 bridgehead atoms. The molecule has 1 heterocycles. The van der Waals surface area contributed by atoms with E-state index in [0.29, 0.717) is 19.1 Å². The molecular weight excluding hydrogens is 286 g/mol. The van der Waals surface area contributed by atoms with Crippen molar-refractivity contribution in [3.8, 4) is 0 Å². The van der Waals surface area contributed by atoms with E-state index in [-0.39, 0.29) is 11.4 Å². The van der Waals surface area contributed by atoms with Crippen LogP contribution in [0.4, 0.5) is 0 Å². The lowest BCUT2D eigenvalue weighted by Crippen LogP contribution is -2.52. The van der Waals surface area contributed by atoms with Crippen molar-refractivity contribution in [2.75, 3.05) is 26.7 Å². The van der Waals surface area contributed by atoms with Crippen molar-refractivity contribution < 1.29 is 4.79 Å². The van der Waals surface area contributed by atoms with Crippen LogP contribution in [0.2, 0.25) is 0 Å². The van der Waals surface area contributed by atoms with Gasteiger partial charge < -0.3 is 10.2 Å². The third kappa shape index (κ3) is 5.33. The molecule has 1 aromatic rings. The smallest absolute Gasteiger partial charge is 0.237 e. The summed E-state index contributed by atoms with van der Waals surface area (Å²) in [5.41, 5.74) is 1.01. The van der Waals surface area contributed by atoms with Gasteiger partial charge in [0.25, 0.3) is 0 Å². The number of rotatable bonds is 5. The molecule has 0 radical (unpaired) electrons. The SMILES string of the molecule is CNC1CCCN(CC(=O)N(Cc2ccccc2)C(C)(C)C)C1. The van der Waals surface area contributed by atoms with Gasteiger partial charge in [-0.25, -0.2) is 0 Å². The van der Waals surface area contributed by atoms with Gasteiger partial charge in [-0.05, 0) is 52.8 Å². The van der Waals surface area contributed by atoms with Crippen LogP contribution in [-0.2, 0) is 11.3 Å². The Balaban J connectivity index is 2.02. The second kappa shape index (κ2) is 7.93. The molecule has 128 valence electrons. The van der Waals surface area contributed by atoms with Crippen molar-refractivity contribution in [2.45, 2.75) is 51.7 Å². The summed E-state index contributed by atoms with van der Waals surface area (Å²) in [5.74, 6) is 0.220. The Labute approximate surface area is 140 Å². The summed E-state index contributed by atoms with van der Waals surface area (Å²) in [7, 11) is 2.01. The highest BCUT2D eigenvalue weighted by molar-refractivity contribution is 5.79. The van der Waals surface area contributed by atoms with Gasteiger partial charge in [-0.15, -0.1) is 0 Å². The Bertz CT molecular complexity index is 495. The third-order valence-corrected chi connectivity index (χ3v) is 4.57. The standard InChI is InChI=1S/C19H31N3O/c1-19(2,3)22(13-16-9-6-5-7-10-16)18(23)15-21-12-8-11-17(14-21)20-4/h5-7,9-10,17,20H,8,11-15H2,1-4H3. The van der Waals surface area contributed by atoms with Gasteiger partial charge in [0.1, 0.15) is 0 Å². The minimum atomic E-state index is -0.175. The van der Waals surface area contributed by atoms with E-state index < -0.39 is 0 Å². The number of likely N-dealkylation sites (tertiary alicyclic amines) is 1. The van der Waals surface area contributed by atoms with Crippen molar-refractivity contribution in [2.24, 2.45) is 0 Å². The first-order valence-corrected chi connectivity index (χ1v) is 8.64. The van der Waals surface area contributed by atoms with Gasteiger partial charge in [0, 0.05) is 24.7 Å². The van der Waals surface area contributed by atoms with Crippen LogP contribution in [0.5, 0.6) is 0 Å². The lowest BCUT2D eigenvalue weighted by atomic mass is 10.0. The Morgan fingerprint density at radius 2 is 2.00 bits per heavy atom. The highest BCUT2D eigenvalue weighted by Crippen LogP contribution is 2.19. The summed E-state index contributed by atoms with van der Waals surface area (Å²) in [6.45, 7) is 9.51. The number of carbonyl (C=O) groups excluding carboxylic acids is 1. The van der Waals surface area contributed by atoms with Crippen LogP contribution in [0.1, 0.15) is 39.2 Å². The number of nitrogens with one attached hydrogen (secondary N) is 1. The number of piperidine rings is 1. The van der Waals surface area contributed by atoms with Crippen molar-refractivity contribution in [3.05, 3.63) is 35.9 Å². The fraction of sp³-hybridized carbons (Fsp3) is 0.632. The Morgan fingerprint density at radius 3 is 2.61 bits per heavy atom. The molecule has 1 fully saturated rings. The molecule has 1 aliphatic rings. The number of likely N-dealkylation sites (N-methyl/N-ethyl adjacent to an activating group) is 1. The number of nitrogens with zero attached hydrogens (tertiary/aromatic N) is 2. The van der Waals surface area contributed by atoms with Crippen LogP contribution in [0, 0.1) is 0 Å². The van der Waals surface area contributed by atoms with Crippen LogP contribution >= 0.6 is 0 Å². The zero-order valence-electron chi connectivity index (χ0n) is 15.0. The van der Waals surface area contributed by atoms with Crippen LogP contribution in [0.15, 0.2) is 30.3 Å². The first-order chi connectivity index (χ1) is 10.9. The van der Waals surface area contributed by atoms with Crippen LogP contribution in [0.25, 0.3) is 0 Å². The molecule has 4 heteroatoms. The van der Waals surface area contributed by atoms with E-state index in [1.54, 1.807) is 0 Å². The van der Waals surface area contributed by atoms with E-state index in [1.807, 2.05) is 30.1 Å². The predicted octanol–water partition coefficient (Wildman–Crippen LogP) is 2.50. The monoisotopic (exact) mass is 317 g/mol. The first kappa shape index (κ1) is 18.0. The molecule has 1 amide bonds. The lowest BCUT2D eigenvalue weighted by Gasteiger charge is -2.39. The molecule has 0 saturated carbocycles. The van der Waals surface area contributed by atoms with Crippen LogP contribution in [-0.4, -0.2) is 54.0 Å². The minimum absolute atomic E-state index is 0.175. The zero-order chi connectivity index (χ0) is 16.9. The van der Waals surface area contributed by atoms with Gasteiger partial charge >= 0.3 is 0 Å². The van der Waals surface area contributed by atoms with Gasteiger partial charge in [-0.2, -0.15) is 0 Å². The molecule has 0 aliphatic carbocycles. The number of benzene rings is 1. The quantitative estimate of drug-likeness (QED) is 0.906. The topological polar surface area (TPSA) is 35.6 Å². The highest BCUT2D eigenvalue weighted by Gasteiger charge is 2.29. The van der Waals surface area contributed by atoms with Gasteiger partial charge in [0.2, 0.25) is 5.91 Å². The van der Waals surface area contributed by atoms with Crippen molar-refractivity contribution in [1.29, 1.82) is 0 Å². The molecule has 1 saturated heterocycles. The van der Waals surface area contributed by atoms with E-state index in [4.69, 9.17) is 0 Å². The molecule has 23 heavy (non-hydrogen) atoms. The fourth-order valence-electron chi connectivity index (χ4n) is 3.18. The van der Waals surface area contributed by atoms with Crippen molar-refractivity contribution in [1.82, 2.24) is 15.1 Å². The van der Waals surface area contributed by atoms with E-state index in [1.165, 1.54) is 12.0 Å². The maximum absolute atomic E-state index is 12.9. The van der Waals surface area contributed by atoms with Gasteiger partial charge in [0.05, 0.1) is 6.54 Å². The number of amides is 1. The number of hydrogen-bond donors (Lipinski definition) is 1. The van der Waals surface area contributed by atoms with Gasteiger partial charge in [-0.1, -0.05) is 30.3 Å². The molecule has 4 nitrogen and oxygen atoms in total. The highest BCUT2D eigenvalue weighted by atomic mass is 16.2. The molecule has 1 unspecified atom stereocenters. The maximum Gasteiger partial charge on any atom is 0.237 e. The second-order valence-corrected chi connectivity index (χ2v) is 7.50. The summed E-state index contributed by atoms with van der Waals surface area (Å²) in [4.78, 5) is 17.2. The van der Waals surface area contributed by atoms with E-state index in [2.05, 4.69) is 43.1 Å². The molecule has 1 atom stereocenters. The normalized spacial score (nSPS) is 19.6. The van der Waals surface area contributed by atoms with E-state index >= 15 is 0 Å².